The lowest BCUT2D eigenvalue weighted by Crippen LogP contribution is -2.19. The molecule has 18 heavy (non-hydrogen) atoms. The van der Waals surface area contributed by atoms with Gasteiger partial charge in [-0.15, -0.1) is 0 Å². The van der Waals surface area contributed by atoms with Gasteiger partial charge in [0.15, 0.2) is 0 Å². The minimum absolute atomic E-state index is 0.0686. The number of rotatable bonds is 2. The fourth-order valence-corrected chi connectivity index (χ4v) is 1.80. The van der Waals surface area contributed by atoms with Gasteiger partial charge in [0.25, 0.3) is 0 Å². The van der Waals surface area contributed by atoms with Crippen molar-refractivity contribution < 1.29 is 4.79 Å². The number of carbonyl (C=O) groups excluding carboxylic acids is 1. The number of fused-ring (bicyclic) bond motifs is 1. The van der Waals surface area contributed by atoms with Crippen LogP contribution in [0.15, 0.2) is 28.1 Å². The van der Waals surface area contributed by atoms with E-state index in [2.05, 4.69) is 10.5 Å². The van der Waals surface area contributed by atoms with E-state index in [1.54, 1.807) is 23.2 Å². The number of hydrogen-bond donors (Lipinski definition) is 1. The Kier molecular flexibility index (Phi) is 3.01. The Morgan fingerprint density at radius 1 is 1.28 bits per heavy atom. The molecule has 1 amide bonds. The molecule has 94 valence electrons. The van der Waals surface area contributed by atoms with Crippen molar-refractivity contribution in [1.82, 2.24) is 14.6 Å². The summed E-state index contributed by atoms with van der Waals surface area (Å²) >= 11 is 0. The highest BCUT2D eigenvalue weighted by Gasteiger charge is 2.07. The number of hydrogen-bond acceptors (Lipinski definition) is 3. The van der Waals surface area contributed by atoms with Gasteiger partial charge in [0.1, 0.15) is 0 Å². The molecule has 2 aromatic rings. The molecular formula is C12H14N4O2. The monoisotopic (exact) mass is 246 g/mol. The van der Waals surface area contributed by atoms with Crippen molar-refractivity contribution in [1.29, 1.82) is 0 Å². The second kappa shape index (κ2) is 4.48. The van der Waals surface area contributed by atoms with Crippen LogP contribution in [0.3, 0.4) is 0 Å². The van der Waals surface area contributed by atoms with E-state index in [9.17, 15) is 9.59 Å². The van der Waals surface area contributed by atoms with E-state index in [4.69, 9.17) is 0 Å². The van der Waals surface area contributed by atoms with Crippen LogP contribution in [0.25, 0.3) is 11.0 Å². The highest BCUT2D eigenvalue weighted by Crippen LogP contribution is 2.12. The van der Waals surface area contributed by atoms with Gasteiger partial charge in [-0.1, -0.05) is 6.07 Å². The molecule has 0 aliphatic carbocycles. The quantitative estimate of drug-likeness (QED) is 0.613. The number of aromatic nitrogens is 2. The van der Waals surface area contributed by atoms with E-state index in [1.165, 1.54) is 13.1 Å². The van der Waals surface area contributed by atoms with Gasteiger partial charge >= 0.3 is 5.69 Å². The first-order valence-corrected chi connectivity index (χ1v) is 5.46. The average Bonchev–Trinajstić information content (AvgIpc) is 2.54. The van der Waals surface area contributed by atoms with Crippen LogP contribution in [-0.2, 0) is 18.9 Å². The van der Waals surface area contributed by atoms with Crippen molar-refractivity contribution in [2.45, 2.75) is 6.92 Å². The lowest BCUT2D eigenvalue weighted by molar-refractivity contribution is -0.118. The van der Waals surface area contributed by atoms with E-state index in [1.807, 2.05) is 18.2 Å². The fourth-order valence-electron chi connectivity index (χ4n) is 1.80. The van der Waals surface area contributed by atoms with Gasteiger partial charge in [0, 0.05) is 21.0 Å². The van der Waals surface area contributed by atoms with Crippen molar-refractivity contribution in [3.05, 3.63) is 34.2 Å². The van der Waals surface area contributed by atoms with E-state index in [0.29, 0.717) is 0 Å². The standard InChI is InChI=1S/C12H14N4O2/c1-8(17)14-13-7-9-4-5-10-11(6-9)16(3)12(18)15(10)2/h4-7H,1-3H3,(H,14,17)/b13-7-. The molecule has 0 saturated carbocycles. The van der Waals surface area contributed by atoms with Gasteiger partial charge in [-0.25, -0.2) is 10.2 Å². The molecule has 6 nitrogen and oxygen atoms in total. The Morgan fingerprint density at radius 2 is 1.94 bits per heavy atom. The summed E-state index contributed by atoms with van der Waals surface area (Å²) < 4.78 is 3.16. The number of carbonyl (C=O) groups is 1. The maximum Gasteiger partial charge on any atom is 0.328 e. The molecule has 0 unspecified atom stereocenters. The molecule has 0 atom stereocenters. The van der Waals surface area contributed by atoms with Gasteiger partial charge in [-0.05, 0) is 17.7 Å². The molecule has 0 spiro atoms. The van der Waals surface area contributed by atoms with Crippen molar-refractivity contribution in [2.75, 3.05) is 0 Å². The summed E-state index contributed by atoms with van der Waals surface area (Å²) in [5.74, 6) is -0.223. The predicted octanol–water partition coefficient (Wildman–Crippen LogP) is 0.347. The lowest BCUT2D eigenvalue weighted by Gasteiger charge is -1.97. The first kappa shape index (κ1) is 12.1. The second-order valence-corrected chi connectivity index (χ2v) is 4.07. The lowest BCUT2D eigenvalue weighted by atomic mass is 10.2. The summed E-state index contributed by atoms with van der Waals surface area (Å²) in [5.41, 5.74) is 4.77. The Bertz CT molecular complexity index is 694. The van der Waals surface area contributed by atoms with Crippen LogP contribution in [-0.4, -0.2) is 21.3 Å². The fraction of sp³-hybridized carbons (Fsp3) is 0.250. The summed E-state index contributed by atoms with van der Waals surface area (Å²) in [6, 6.07) is 5.54. The van der Waals surface area contributed by atoms with E-state index < -0.39 is 0 Å². The number of aryl methyl sites for hydroxylation is 2. The molecule has 6 heteroatoms. The van der Waals surface area contributed by atoms with Crippen molar-refractivity contribution >= 4 is 23.2 Å². The molecule has 0 bridgehead atoms. The van der Waals surface area contributed by atoms with Crippen LogP contribution in [0.1, 0.15) is 12.5 Å². The highest BCUT2D eigenvalue weighted by atomic mass is 16.2. The van der Waals surface area contributed by atoms with E-state index in [-0.39, 0.29) is 11.6 Å². The molecule has 1 aromatic heterocycles. The van der Waals surface area contributed by atoms with E-state index >= 15 is 0 Å². The van der Waals surface area contributed by atoms with E-state index in [0.717, 1.165) is 16.6 Å². The van der Waals surface area contributed by atoms with Crippen LogP contribution in [0, 0.1) is 0 Å². The second-order valence-electron chi connectivity index (χ2n) is 4.07. The maximum absolute atomic E-state index is 11.7. The summed E-state index contributed by atoms with van der Waals surface area (Å²) in [6.07, 6.45) is 1.54. The summed E-state index contributed by atoms with van der Waals surface area (Å²) in [4.78, 5) is 22.4. The molecule has 0 aliphatic heterocycles. The maximum atomic E-state index is 11.7. The molecule has 0 aliphatic rings. The molecule has 1 N–H and O–H groups in total. The van der Waals surface area contributed by atoms with Crippen molar-refractivity contribution in [3.8, 4) is 0 Å². The summed E-state index contributed by atoms with van der Waals surface area (Å²) in [6.45, 7) is 1.39. The largest absolute Gasteiger partial charge is 0.328 e. The zero-order valence-corrected chi connectivity index (χ0v) is 10.5. The number of nitrogens with zero attached hydrogens (tertiary/aromatic N) is 3. The van der Waals surface area contributed by atoms with Crippen molar-refractivity contribution in [3.63, 3.8) is 0 Å². The zero-order valence-electron chi connectivity index (χ0n) is 10.5. The minimum atomic E-state index is -0.223. The minimum Gasteiger partial charge on any atom is -0.295 e. The van der Waals surface area contributed by atoms with Crippen LogP contribution < -0.4 is 11.1 Å². The van der Waals surface area contributed by atoms with Gasteiger partial charge in [-0.2, -0.15) is 5.10 Å². The van der Waals surface area contributed by atoms with Gasteiger partial charge in [0.05, 0.1) is 17.2 Å². The summed E-state index contributed by atoms with van der Waals surface area (Å²) in [7, 11) is 3.45. The number of amides is 1. The third-order valence-corrected chi connectivity index (χ3v) is 2.73. The van der Waals surface area contributed by atoms with Crippen LogP contribution >= 0.6 is 0 Å². The van der Waals surface area contributed by atoms with Crippen LogP contribution in [0.5, 0.6) is 0 Å². The average molecular weight is 246 g/mol. The highest BCUT2D eigenvalue weighted by molar-refractivity contribution is 5.88. The Balaban J connectivity index is 2.45. The SMILES string of the molecule is CC(=O)N/N=C\c1ccc2c(c1)n(C)c(=O)n2C. The first-order chi connectivity index (χ1) is 8.50. The summed E-state index contributed by atoms with van der Waals surface area (Å²) in [5, 5.41) is 3.79. The topological polar surface area (TPSA) is 68.4 Å². The Morgan fingerprint density at radius 3 is 2.61 bits per heavy atom. The third-order valence-electron chi connectivity index (χ3n) is 2.73. The normalized spacial score (nSPS) is 11.3. The number of benzene rings is 1. The molecular weight excluding hydrogens is 232 g/mol. The molecule has 2 rings (SSSR count). The molecule has 1 heterocycles. The molecule has 0 radical (unpaired) electrons. The first-order valence-electron chi connectivity index (χ1n) is 5.46. The van der Waals surface area contributed by atoms with Crippen molar-refractivity contribution in [2.24, 2.45) is 19.2 Å². The van der Waals surface area contributed by atoms with Gasteiger partial charge < -0.3 is 0 Å². The predicted molar refractivity (Wildman–Crippen MR) is 69.6 cm³/mol. The van der Waals surface area contributed by atoms with Gasteiger partial charge in [0.2, 0.25) is 5.91 Å². The number of imidazole rings is 1. The van der Waals surface area contributed by atoms with Crippen LogP contribution in [0.2, 0.25) is 0 Å². The Hall–Kier alpha value is -2.37. The zero-order chi connectivity index (χ0) is 13.3. The Labute approximate surface area is 104 Å². The third kappa shape index (κ3) is 2.04. The van der Waals surface area contributed by atoms with Gasteiger partial charge in [-0.3, -0.25) is 13.9 Å². The molecule has 1 aromatic carbocycles. The molecule has 0 saturated heterocycles. The molecule has 0 fully saturated rings. The smallest absolute Gasteiger partial charge is 0.295 e. The van der Waals surface area contributed by atoms with Crippen LogP contribution in [0.4, 0.5) is 0 Å². The number of hydrazone groups is 1. The number of nitrogens with one attached hydrogen (secondary N) is 1.